The van der Waals surface area contributed by atoms with E-state index < -0.39 is 0 Å². The summed E-state index contributed by atoms with van der Waals surface area (Å²) >= 11 is 0. The minimum absolute atomic E-state index is 0.115. The normalized spacial score (nSPS) is 24.2. The van der Waals surface area contributed by atoms with Gasteiger partial charge in [-0.1, -0.05) is 61.4 Å². The molecular formula is C26H34N2O. The van der Waals surface area contributed by atoms with E-state index in [-0.39, 0.29) is 16.9 Å². The van der Waals surface area contributed by atoms with Crippen molar-refractivity contribution in [2.45, 2.75) is 64.3 Å². The summed E-state index contributed by atoms with van der Waals surface area (Å²) in [5, 5.41) is 0. The SMILES string of the molecule is Cc1ccc([C@@]2(C)CC(C)(C)N(C(=O)CN3CCCCC3)c3ccccc32)cc1. The van der Waals surface area contributed by atoms with Gasteiger partial charge in [-0.15, -0.1) is 0 Å². The molecule has 3 nitrogen and oxygen atoms in total. The number of piperidine rings is 1. The average Bonchev–Trinajstić information content (AvgIpc) is 2.68. The summed E-state index contributed by atoms with van der Waals surface area (Å²) in [5.41, 5.74) is 4.58. The summed E-state index contributed by atoms with van der Waals surface area (Å²) in [6.45, 7) is 11.5. The van der Waals surface area contributed by atoms with Crippen LogP contribution in [0.25, 0.3) is 0 Å². The molecule has 4 rings (SSSR count). The van der Waals surface area contributed by atoms with Gasteiger partial charge in [-0.3, -0.25) is 9.69 Å². The van der Waals surface area contributed by atoms with Crippen LogP contribution in [0.1, 0.15) is 63.1 Å². The molecule has 29 heavy (non-hydrogen) atoms. The number of hydrogen-bond acceptors (Lipinski definition) is 2. The molecule has 1 saturated heterocycles. The zero-order valence-electron chi connectivity index (χ0n) is 18.4. The Kier molecular flexibility index (Phi) is 5.29. The molecule has 0 spiro atoms. The third-order valence-electron chi connectivity index (χ3n) is 6.88. The highest BCUT2D eigenvalue weighted by Crippen LogP contribution is 2.50. The molecule has 1 amide bonds. The van der Waals surface area contributed by atoms with Crippen LogP contribution < -0.4 is 4.90 Å². The van der Waals surface area contributed by atoms with Crippen molar-refractivity contribution >= 4 is 11.6 Å². The lowest BCUT2D eigenvalue weighted by Gasteiger charge is -2.51. The lowest BCUT2D eigenvalue weighted by molar-refractivity contribution is -0.121. The summed E-state index contributed by atoms with van der Waals surface area (Å²) in [5.74, 6) is 0.232. The van der Waals surface area contributed by atoms with Gasteiger partial charge < -0.3 is 4.90 Å². The van der Waals surface area contributed by atoms with Crippen LogP contribution in [-0.2, 0) is 10.2 Å². The van der Waals surface area contributed by atoms with Crippen LogP contribution in [0.2, 0.25) is 0 Å². The van der Waals surface area contributed by atoms with Gasteiger partial charge in [0.1, 0.15) is 0 Å². The second-order valence-corrected chi connectivity index (χ2v) is 9.77. The Labute approximate surface area is 175 Å². The van der Waals surface area contributed by atoms with Gasteiger partial charge in [0, 0.05) is 16.6 Å². The first-order chi connectivity index (χ1) is 13.8. The van der Waals surface area contributed by atoms with Crippen molar-refractivity contribution in [2.24, 2.45) is 0 Å². The van der Waals surface area contributed by atoms with E-state index in [0.29, 0.717) is 6.54 Å². The standard InChI is InChI=1S/C26H34N2O/c1-20-12-14-21(15-13-20)26(4)19-25(2,3)28(23-11-7-6-10-22(23)26)24(29)18-27-16-8-5-9-17-27/h6-7,10-15H,5,8-9,16-19H2,1-4H3/t26-/m1/s1. The Morgan fingerprint density at radius 2 is 1.59 bits per heavy atom. The molecule has 0 saturated carbocycles. The van der Waals surface area contributed by atoms with Crippen molar-refractivity contribution in [2.75, 3.05) is 24.5 Å². The maximum absolute atomic E-state index is 13.5. The van der Waals surface area contributed by atoms with Crippen LogP contribution >= 0.6 is 0 Å². The molecule has 2 heterocycles. The Bertz CT molecular complexity index is 880. The fourth-order valence-electron chi connectivity index (χ4n) is 5.53. The van der Waals surface area contributed by atoms with E-state index in [1.165, 1.54) is 36.0 Å². The molecule has 1 fully saturated rings. The number of amides is 1. The van der Waals surface area contributed by atoms with Gasteiger partial charge in [0.2, 0.25) is 5.91 Å². The van der Waals surface area contributed by atoms with Gasteiger partial charge >= 0.3 is 0 Å². The highest BCUT2D eigenvalue weighted by atomic mass is 16.2. The monoisotopic (exact) mass is 390 g/mol. The number of aryl methyl sites for hydroxylation is 1. The lowest BCUT2D eigenvalue weighted by atomic mass is 9.65. The number of carbonyl (C=O) groups is 1. The van der Waals surface area contributed by atoms with Gasteiger partial charge in [0.05, 0.1) is 6.54 Å². The van der Waals surface area contributed by atoms with E-state index in [1.54, 1.807) is 0 Å². The van der Waals surface area contributed by atoms with Crippen molar-refractivity contribution in [3.8, 4) is 0 Å². The fourth-order valence-corrected chi connectivity index (χ4v) is 5.53. The van der Waals surface area contributed by atoms with Crippen LogP contribution in [0.4, 0.5) is 5.69 Å². The van der Waals surface area contributed by atoms with Gasteiger partial charge in [-0.25, -0.2) is 0 Å². The van der Waals surface area contributed by atoms with Crippen LogP contribution in [0.3, 0.4) is 0 Å². The zero-order chi connectivity index (χ0) is 20.6. The molecule has 1 atom stereocenters. The van der Waals surface area contributed by atoms with E-state index in [1.807, 2.05) is 0 Å². The van der Waals surface area contributed by atoms with Gasteiger partial charge in [-0.2, -0.15) is 0 Å². The zero-order valence-corrected chi connectivity index (χ0v) is 18.4. The average molecular weight is 391 g/mol. The minimum atomic E-state index is -0.249. The first kappa shape index (κ1) is 20.2. The molecule has 0 unspecified atom stereocenters. The number of anilines is 1. The van der Waals surface area contributed by atoms with Gasteiger partial charge in [-0.05, 0) is 70.3 Å². The maximum Gasteiger partial charge on any atom is 0.241 e. The molecule has 0 aliphatic carbocycles. The van der Waals surface area contributed by atoms with E-state index >= 15 is 0 Å². The highest BCUT2D eigenvalue weighted by Gasteiger charge is 2.47. The molecule has 0 aromatic heterocycles. The molecule has 154 valence electrons. The molecule has 2 aromatic rings. The number of benzene rings is 2. The molecule has 0 bridgehead atoms. The first-order valence-corrected chi connectivity index (χ1v) is 11.0. The molecule has 2 aliphatic heterocycles. The Hall–Kier alpha value is -2.13. The van der Waals surface area contributed by atoms with Gasteiger partial charge in [0.15, 0.2) is 0 Å². The summed E-state index contributed by atoms with van der Waals surface area (Å²) in [6, 6.07) is 17.4. The largest absolute Gasteiger partial charge is 0.305 e. The third kappa shape index (κ3) is 3.73. The number of nitrogens with zero attached hydrogens (tertiary/aromatic N) is 2. The number of carbonyl (C=O) groups excluding carboxylic acids is 1. The molecule has 0 radical (unpaired) electrons. The summed E-state index contributed by atoms with van der Waals surface area (Å²) in [7, 11) is 0. The Balaban J connectivity index is 1.73. The van der Waals surface area contributed by atoms with Crippen molar-refractivity contribution in [1.82, 2.24) is 4.90 Å². The minimum Gasteiger partial charge on any atom is -0.305 e. The van der Waals surface area contributed by atoms with Gasteiger partial charge in [0.25, 0.3) is 0 Å². The lowest BCUT2D eigenvalue weighted by Crippen LogP contribution is -2.58. The van der Waals surface area contributed by atoms with Crippen LogP contribution in [0.15, 0.2) is 48.5 Å². The van der Waals surface area contributed by atoms with Crippen molar-refractivity contribution in [1.29, 1.82) is 0 Å². The van der Waals surface area contributed by atoms with E-state index in [2.05, 4.69) is 86.0 Å². The predicted octanol–water partition coefficient (Wildman–Crippen LogP) is 5.30. The number of fused-ring (bicyclic) bond motifs is 1. The van der Waals surface area contributed by atoms with E-state index in [0.717, 1.165) is 25.2 Å². The second-order valence-electron chi connectivity index (χ2n) is 9.77. The Morgan fingerprint density at radius 1 is 0.931 bits per heavy atom. The van der Waals surface area contributed by atoms with Crippen molar-refractivity contribution in [3.63, 3.8) is 0 Å². The highest BCUT2D eigenvalue weighted by molar-refractivity contribution is 5.98. The molecule has 2 aromatic carbocycles. The Morgan fingerprint density at radius 3 is 2.28 bits per heavy atom. The predicted molar refractivity (Wildman–Crippen MR) is 121 cm³/mol. The third-order valence-corrected chi connectivity index (χ3v) is 6.88. The number of rotatable bonds is 3. The summed E-state index contributed by atoms with van der Waals surface area (Å²) in [6.07, 6.45) is 4.61. The van der Waals surface area contributed by atoms with Crippen LogP contribution in [0, 0.1) is 6.92 Å². The maximum atomic E-state index is 13.5. The van der Waals surface area contributed by atoms with Crippen molar-refractivity contribution in [3.05, 3.63) is 65.2 Å². The quantitative estimate of drug-likeness (QED) is 0.710. The van der Waals surface area contributed by atoms with E-state index in [9.17, 15) is 4.79 Å². The topological polar surface area (TPSA) is 23.6 Å². The molecule has 2 aliphatic rings. The summed E-state index contributed by atoms with van der Waals surface area (Å²) in [4.78, 5) is 17.9. The molecular weight excluding hydrogens is 356 g/mol. The smallest absolute Gasteiger partial charge is 0.241 e. The first-order valence-electron chi connectivity index (χ1n) is 11.0. The fraction of sp³-hybridized carbons (Fsp3) is 0.500. The van der Waals surface area contributed by atoms with Crippen LogP contribution in [0.5, 0.6) is 0 Å². The number of hydrogen-bond donors (Lipinski definition) is 0. The summed E-state index contributed by atoms with van der Waals surface area (Å²) < 4.78 is 0. The second kappa shape index (κ2) is 7.60. The van der Waals surface area contributed by atoms with Crippen LogP contribution in [-0.4, -0.2) is 36.0 Å². The molecule has 0 N–H and O–H groups in total. The number of para-hydroxylation sites is 1. The molecule has 3 heteroatoms. The van der Waals surface area contributed by atoms with Crippen molar-refractivity contribution < 1.29 is 4.79 Å². The number of likely N-dealkylation sites (tertiary alicyclic amines) is 1. The van der Waals surface area contributed by atoms with E-state index in [4.69, 9.17) is 0 Å².